The van der Waals surface area contributed by atoms with Gasteiger partial charge in [0, 0.05) is 26.0 Å². The highest BCUT2D eigenvalue weighted by Gasteiger charge is 2.16. The van der Waals surface area contributed by atoms with E-state index in [0.717, 1.165) is 32.6 Å². The number of ether oxygens (including phenoxy) is 1. The summed E-state index contributed by atoms with van der Waals surface area (Å²) in [6.07, 6.45) is 3.22. The molecule has 1 aromatic rings. The van der Waals surface area contributed by atoms with E-state index in [-0.39, 0.29) is 4.90 Å². The van der Waals surface area contributed by atoms with Gasteiger partial charge in [-0.1, -0.05) is 6.07 Å². The van der Waals surface area contributed by atoms with Gasteiger partial charge in [-0.3, -0.25) is 0 Å². The minimum atomic E-state index is -3.28. The first-order chi connectivity index (χ1) is 8.98. The first kappa shape index (κ1) is 14.1. The molecular weight excluding hydrogens is 264 g/mol. The van der Waals surface area contributed by atoms with Crippen molar-refractivity contribution in [1.82, 2.24) is 0 Å². The van der Waals surface area contributed by atoms with Gasteiger partial charge in [0.05, 0.1) is 16.3 Å². The molecule has 0 atom stereocenters. The molecule has 1 heterocycles. The van der Waals surface area contributed by atoms with Crippen molar-refractivity contribution >= 4 is 21.2 Å². The fourth-order valence-corrected chi connectivity index (χ4v) is 3.06. The van der Waals surface area contributed by atoms with E-state index >= 15 is 0 Å². The Kier molecular flexibility index (Phi) is 4.31. The molecule has 6 heteroatoms. The molecule has 0 bridgehead atoms. The summed E-state index contributed by atoms with van der Waals surface area (Å²) >= 11 is 0. The molecule has 1 fully saturated rings. The minimum absolute atomic E-state index is 0.185. The molecule has 0 aromatic heterocycles. The Morgan fingerprint density at radius 1 is 1.37 bits per heavy atom. The molecule has 1 aliphatic heterocycles. The van der Waals surface area contributed by atoms with Gasteiger partial charge in [0.25, 0.3) is 0 Å². The number of hydrogen-bond donors (Lipinski definition) is 2. The highest BCUT2D eigenvalue weighted by Crippen LogP contribution is 2.27. The zero-order chi connectivity index (χ0) is 13.9. The van der Waals surface area contributed by atoms with Crippen molar-refractivity contribution in [3.05, 3.63) is 18.2 Å². The Morgan fingerprint density at radius 3 is 2.68 bits per heavy atom. The Morgan fingerprint density at radius 2 is 2.05 bits per heavy atom. The van der Waals surface area contributed by atoms with Gasteiger partial charge in [0.15, 0.2) is 9.84 Å². The fraction of sp³-hybridized carbons (Fsp3) is 0.538. The summed E-state index contributed by atoms with van der Waals surface area (Å²) in [6, 6.07) is 5.05. The average molecular weight is 284 g/mol. The van der Waals surface area contributed by atoms with Gasteiger partial charge < -0.3 is 15.8 Å². The third kappa shape index (κ3) is 3.61. The highest BCUT2D eigenvalue weighted by atomic mass is 32.2. The SMILES string of the molecule is CS(=O)(=O)c1cccc(NCC2CCOCC2)c1N. The zero-order valence-corrected chi connectivity index (χ0v) is 11.9. The van der Waals surface area contributed by atoms with Crippen LogP contribution in [0.1, 0.15) is 12.8 Å². The lowest BCUT2D eigenvalue weighted by molar-refractivity contribution is 0.0699. The van der Waals surface area contributed by atoms with Crippen LogP contribution in [0.2, 0.25) is 0 Å². The molecular formula is C13H20N2O3S. The lowest BCUT2D eigenvalue weighted by Crippen LogP contribution is -2.23. The molecule has 19 heavy (non-hydrogen) atoms. The lowest BCUT2D eigenvalue weighted by atomic mass is 10.0. The van der Waals surface area contributed by atoms with Crippen molar-refractivity contribution in [2.75, 3.05) is 37.1 Å². The second-order valence-electron chi connectivity index (χ2n) is 4.93. The second kappa shape index (κ2) is 5.79. The minimum Gasteiger partial charge on any atom is -0.396 e. The van der Waals surface area contributed by atoms with Gasteiger partial charge in [-0.2, -0.15) is 0 Å². The van der Waals surface area contributed by atoms with Crippen LogP contribution in [0.5, 0.6) is 0 Å². The third-order valence-corrected chi connectivity index (χ3v) is 4.54. The van der Waals surface area contributed by atoms with E-state index in [1.807, 2.05) is 6.07 Å². The number of rotatable bonds is 4. The van der Waals surface area contributed by atoms with Crippen LogP contribution in [0, 0.1) is 5.92 Å². The fourth-order valence-electron chi connectivity index (χ4n) is 2.23. The van der Waals surface area contributed by atoms with Gasteiger partial charge in [-0.25, -0.2) is 8.42 Å². The van der Waals surface area contributed by atoms with Crippen LogP contribution in [0.3, 0.4) is 0 Å². The summed E-state index contributed by atoms with van der Waals surface area (Å²) in [5, 5.41) is 3.25. The average Bonchev–Trinajstić information content (AvgIpc) is 2.37. The quantitative estimate of drug-likeness (QED) is 0.819. The van der Waals surface area contributed by atoms with Crippen molar-refractivity contribution in [3.8, 4) is 0 Å². The number of sulfone groups is 1. The Hall–Kier alpha value is -1.27. The first-order valence-corrected chi connectivity index (χ1v) is 8.28. The van der Waals surface area contributed by atoms with Crippen LogP contribution in [-0.4, -0.2) is 34.4 Å². The monoisotopic (exact) mass is 284 g/mol. The molecule has 0 saturated carbocycles. The molecule has 2 rings (SSSR count). The van der Waals surface area contributed by atoms with E-state index in [2.05, 4.69) is 5.32 Å². The topological polar surface area (TPSA) is 81.4 Å². The Bertz CT molecular complexity index is 537. The van der Waals surface area contributed by atoms with Gasteiger partial charge in [0.1, 0.15) is 0 Å². The normalized spacial score (nSPS) is 17.3. The molecule has 0 unspecified atom stereocenters. The molecule has 1 saturated heterocycles. The molecule has 1 aliphatic rings. The number of para-hydroxylation sites is 1. The highest BCUT2D eigenvalue weighted by molar-refractivity contribution is 7.90. The maximum atomic E-state index is 11.6. The molecule has 3 N–H and O–H groups in total. The lowest BCUT2D eigenvalue weighted by Gasteiger charge is -2.23. The predicted molar refractivity (Wildman–Crippen MR) is 76.0 cm³/mol. The Labute approximate surface area is 114 Å². The van der Waals surface area contributed by atoms with E-state index in [9.17, 15) is 8.42 Å². The standard InChI is InChI=1S/C13H20N2O3S/c1-19(16,17)12-4-2-3-11(13(12)14)15-9-10-5-7-18-8-6-10/h2-4,10,15H,5-9,14H2,1H3. The summed E-state index contributed by atoms with van der Waals surface area (Å²) in [6.45, 7) is 2.39. The molecule has 106 valence electrons. The largest absolute Gasteiger partial charge is 0.396 e. The predicted octanol–water partition coefficient (Wildman–Crippen LogP) is 1.51. The van der Waals surface area contributed by atoms with E-state index in [0.29, 0.717) is 17.3 Å². The van der Waals surface area contributed by atoms with Crippen molar-refractivity contribution in [3.63, 3.8) is 0 Å². The summed E-state index contributed by atoms with van der Waals surface area (Å²) in [4.78, 5) is 0.185. The number of anilines is 2. The van der Waals surface area contributed by atoms with Crippen LogP contribution >= 0.6 is 0 Å². The summed E-state index contributed by atoms with van der Waals surface area (Å²) in [5.41, 5.74) is 6.91. The third-order valence-electron chi connectivity index (χ3n) is 3.39. The van der Waals surface area contributed by atoms with Crippen molar-refractivity contribution in [2.24, 2.45) is 5.92 Å². The smallest absolute Gasteiger partial charge is 0.177 e. The van der Waals surface area contributed by atoms with Gasteiger partial charge >= 0.3 is 0 Å². The van der Waals surface area contributed by atoms with E-state index in [4.69, 9.17) is 10.5 Å². The summed E-state index contributed by atoms with van der Waals surface area (Å²) in [5.74, 6) is 0.551. The van der Waals surface area contributed by atoms with Gasteiger partial charge in [-0.05, 0) is 30.9 Å². The molecule has 0 spiro atoms. The van der Waals surface area contributed by atoms with Crippen molar-refractivity contribution < 1.29 is 13.2 Å². The first-order valence-electron chi connectivity index (χ1n) is 6.38. The van der Waals surface area contributed by atoms with Crippen LogP contribution in [0.25, 0.3) is 0 Å². The summed E-state index contributed by atoms with van der Waals surface area (Å²) in [7, 11) is -3.28. The second-order valence-corrected chi connectivity index (χ2v) is 6.91. The zero-order valence-electron chi connectivity index (χ0n) is 11.1. The number of nitrogens with two attached hydrogens (primary N) is 1. The number of benzene rings is 1. The van der Waals surface area contributed by atoms with Crippen LogP contribution in [0.4, 0.5) is 11.4 Å². The van der Waals surface area contributed by atoms with E-state index in [1.54, 1.807) is 6.07 Å². The van der Waals surface area contributed by atoms with Crippen molar-refractivity contribution in [2.45, 2.75) is 17.7 Å². The maximum Gasteiger partial charge on any atom is 0.177 e. The molecule has 1 aromatic carbocycles. The van der Waals surface area contributed by atoms with Gasteiger partial charge in [-0.15, -0.1) is 0 Å². The summed E-state index contributed by atoms with van der Waals surface area (Å²) < 4.78 is 28.5. The molecule has 0 amide bonds. The van der Waals surface area contributed by atoms with Crippen molar-refractivity contribution in [1.29, 1.82) is 0 Å². The number of hydrogen-bond acceptors (Lipinski definition) is 5. The van der Waals surface area contributed by atoms with E-state index in [1.165, 1.54) is 12.3 Å². The van der Waals surface area contributed by atoms with Crippen LogP contribution in [-0.2, 0) is 14.6 Å². The maximum absolute atomic E-state index is 11.6. The number of nitrogen functional groups attached to an aromatic ring is 1. The number of nitrogens with one attached hydrogen (secondary N) is 1. The van der Waals surface area contributed by atoms with Crippen LogP contribution in [0.15, 0.2) is 23.1 Å². The van der Waals surface area contributed by atoms with Crippen LogP contribution < -0.4 is 11.1 Å². The van der Waals surface area contributed by atoms with E-state index < -0.39 is 9.84 Å². The molecule has 0 aliphatic carbocycles. The Balaban J connectivity index is 2.08. The molecule has 5 nitrogen and oxygen atoms in total. The van der Waals surface area contributed by atoms with Gasteiger partial charge in [0.2, 0.25) is 0 Å². The molecule has 0 radical (unpaired) electrons.